The Morgan fingerprint density at radius 1 is 0.841 bits per heavy atom. The molecule has 0 bridgehead atoms. The molecule has 0 aliphatic heterocycles. The first-order chi connectivity index (χ1) is 21.5. The second-order valence-corrected chi connectivity index (χ2v) is 11.2. The van der Waals surface area contributed by atoms with E-state index in [0.717, 1.165) is 50.0 Å². The maximum Gasteiger partial charge on any atom is 0.338 e. The van der Waals surface area contributed by atoms with E-state index in [9.17, 15) is 14.7 Å². The Morgan fingerprint density at radius 2 is 1.55 bits per heavy atom. The summed E-state index contributed by atoms with van der Waals surface area (Å²) in [7, 11) is 0. The lowest BCUT2D eigenvalue weighted by Crippen LogP contribution is -2.28. The first-order valence-electron chi connectivity index (χ1n) is 16.2. The van der Waals surface area contributed by atoms with Crippen LogP contribution in [0.4, 0.5) is 0 Å². The lowest BCUT2D eigenvalue weighted by atomic mass is 10.1. The minimum absolute atomic E-state index is 0.0556. The van der Waals surface area contributed by atoms with Gasteiger partial charge in [-0.05, 0) is 54.8 Å². The number of esters is 1. The van der Waals surface area contributed by atoms with Crippen molar-refractivity contribution in [3.63, 3.8) is 0 Å². The number of hydrogen-bond acceptors (Lipinski definition) is 6. The monoisotopic (exact) mass is 602 g/mol. The number of hydrogen-bond donors (Lipinski definition) is 2. The quantitative estimate of drug-likeness (QED) is 0.0954. The second-order valence-electron chi connectivity index (χ2n) is 11.2. The molecule has 2 N–H and O–H groups in total. The number of phenols is 1. The number of aromatic hydroxyl groups is 1. The van der Waals surface area contributed by atoms with Crippen molar-refractivity contribution in [1.82, 2.24) is 10.2 Å². The summed E-state index contributed by atoms with van der Waals surface area (Å²) < 4.78 is 11.9. The van der Waals surface area contributed by atoms with E-state index in [1.165, 1.54) is 25.7 Å². The average molecular weight is 603 g/mol. The van der Waals surface area contributed by atoms with Crippen molar-refractivity contribution >= 4 is 11.9 Å². The number of nitrogens with zero attached hydrogens (tertiary/aromatic N) is 1. The number of nitrogens with one attached hydrogen (secondary N) is 1. The van der Waals surface area contributed by atoms with Crippen molar-refractivity contribution in [3.05, 3.63) is 95.6 Å². The van der Waals surface area contributed by atoms with Crippen molar-refractivity contribution in [2.75, 3.05) is 26.2 Å². The molecule has 1 unspecified atom stereocenters. The topological polar surface area (TPSA) is 88.1 Å². The van der Waals surface area contributed by atoms with Crippen LogP contribution < -0.4 is 10.1 Å². The molecule has 0 aromatic heterocycles. The van der Waals surface area contributed by atoms with Gasteiger partial charge in [-0.15, -0.1) is 0 Å². The van der Waals surface area contributed by atoms with E-state index in [1.54, 1.807) is 30.3 Å². The molecule has 3 rings (SSSR count). The molecule has 3 aromatic carbocycles. The summed E-state index contributed by atoms with van der Waals surface area (Å²) in [6.07, 6.45) is 8.56. The predicted molar refractivity (Wildman–Crippen MR) is 176 cm³/mol. The van der Waals surface area contributed by atoms with E-state index in [1.807, 2.05) is 48.5 Å². The summed E-state index contributed by atoms with van der Waals surface area (Å²) in [5.41, 5.74) is 2.41. The molecule has 0 fully saturated rings. The maximum absolute atomic E-state index is 12.8. The molecular weight excluding hydrogens is 552 g/mol. The van der Waals surface area contributed by atoms with E-state index in [2.05, 4.69) is 24.1 Å². The van der Waals surface area contributed by atoms with E-state index >= 15 is 0 Å². The smallest absolute Gasteiger partial charge is 0.338 e. The average Bonchev–Trinajstić information content (AvgIpc) is 3.06. The van der Waals surface area contributed by atoms with Crippen LogP contribution in [0, 0.1) is 0 Å². The zero-order valence-corrected chi connectivity index (χ0v) is 26.5. The summed E-state index contributed by atoms with van der Waals surface area (Å²) in [5, 5.41) is 13.3. The van der Waals surface area contributed by atoms with Crippen LogP contribution in [0.5, 0.6) is 11.5 Å². The first-order valence-corrected chi connectivity index (χ1v) is 16.2. The second kappa shape index (κ2) is 20.2. The van der Waals surface area contributed by atoms with E-state index in [-0.39, 0.29) is 23.7 Å². The summed E-state index contributed by atoms with van der Waals surface area (Å²) in [4.78, 5) is 27.3. The van der Waals surface area contributed by atoms with Crippen LogP contribution in [0.3, 0.4) is 0 Å². The zero-order valence-electron chi connectivity index (χ0n) is 26.5. The van der Waals surface area contributed by atoms with Crippen LogP contribution in [0.25, 0.3) is 0 Å². The summed E-state index contributed by atoms with van der Waals surface area (Å²) in [6.45, 7) is 7.59. The van der Waals surface area contributed by atoms with Gasteiger partial charge in [0.1, 0.15) is 6.10 Å². The molecular formula is C37H50N2O5. The van der Waals surface area contributed by atoms with Crippen LogP contribution >= 0.6 is 0 Å². The molecule has 7 nitrogen and oxygen atoms in total. The van der Waals surface area contributed by atoms with Gasteiger partial charge in [0, 0.05) is 32.5 Å². The Kier molecular flexibility index (Phi) is 15.9. The van der Waals surface area contributed by atoms with Gasteiger partial charge in [-0.3, -0.25) is 4.79 Å². The summed E-state index contributed by atoms with van der Waals surface area (Å²) in [6, 6.07) is 24.2. The fraction of sp³-hybridized carbons (Fsp3) is 0.459. The van der Waals surface area contributed by atoms with Crippen molar-refractivity contribution in [2.24, 2.45) is 0 Å². The van der Waals surface area contributed by atoms with Gasteiger partial charge in [-0.25, -0.2) is 4.79 Å². The molecule has 0 saturated carbocycles. The Hall–Kier alpha value is -3.84. The van der Waals surface area contributed by atoms with Crippen LogP contribution in [0.2, 0.25) is 0 Å². The normalized spacial score (nSPS) is 11.7. The fourth-order valence-electron chi connectivity index (χ4n) is 5.07. The third kappa shape index (κ3) is 12.8. The van der Waals surface area contributed by atoms with Gasteiger partial charge in [-0.1, -0.05) is 101 Å². The molecule has 3 aromatic rings. The van der Waals surface area contributed by atoms with Crippen molar-refractivity contribution < 1.29 is 24.2 Å². The standard InChI is InChI=1S/C37H50N2O5/c1-3-5-6-7-8-15-21-36(41)38-29-30-22-23-33(40)35(28-30)43-27-16-25-39(4-2)26-24-34(31-17-11-9-12-18-31)44-37(42)32-19-13-10-14-20-32/h9-14,17-20,22-23,28,34,40H,3-8,15-16,21,24-27,29H2,1-2H3,(H,38,41). The van der Waals surface area contributed by atoms with Gasteiger partial charge in [0.15, 0.2) is 11.5 Å². The molecule has 0 radical (unpaired) electrons. The highest BCUT2D eigenvalue weighted by atomic mass is 16.5. The number of phenolic OH excluding ortho intramolecular Hbond substituents is 1. The highest BCUT2D eigenvalue weighted by Crippen LogP contribution is 2.27. The highest BCUT2D eigenvalue weighted by molar-refractivity contribution is 5.89. The molecule has 0 aliphatic carbocycles. The van der Waals surface area contributed by atoms with Crippen LogP contribution in [-0.2, 0) is 16.1 Å². The van der Waals surface area contributed by atoms with Crippen molar-refractivity contribution in [1.29, 1.82) is 0 Å². The molecule has 0 heterocycles. The first kappa shape index (κ1) is 34.6. The SMILES string of the molecule is CCCCCCCCC(=O)NCc1ccc(O)c(OCCCN(CC)CCC(OC(=O)c2ccccc2)c2ccccc2)c1. The third-order valence-corrected chi connectivity index (χ3v) is 7.73. The fourth-order valence-corrected chi connectivity index (χ4v) is 5.07. The van der Waals surface area contributed by atoms with Crippen LogP contribution in [0.15, 0.2) is 78.9 Å². The number of carbonyl (C=O) groups is 2. The lowest BCUT2D eigenvalue weighted by Gasteiger charge is -2.24. The molecule has 1 atom stereocenters. The molecule has 0 aliphatic rings. The third-order valence-electron chi connectivity index (χ3n) is 7.73. The Balaban J connectivity index is 1.42. The molecule has 7 heteroatoms. The van der Waals surface area contributed by atoms with Gasteiger partial charge in [0.05, 0.1) is 12.2 Å². The molecule has 0 saturated heterocycles. The summed E-state index contributed by atoms with van der Waals surface area (Å²) in [5.74, 6) is 0.244. The van der Waals surface area contributed by atoms with E-state index < -0.39 is 0 Å². The van der Waals surface area contributed by atoms with Crippen LogP contribution in [0.1, 0.15) is 99.2 Å². The van der Waals surface area contributed by atoms with E-state index in [4.69, 9.17) is 9.47 Å². The summed E-state index contributed by atoms with van der Waals surface area (Å²) >= 11 is 0. The minimum Gasteiger partial charge on any atom is -0.504 e. The Labute approximate surface area is 263 Å². The number of unbranched alkanes of at least 4 members (excludes halogenated alkanes) is 5. The predicted octanol–water partition coefficient (Wildman–Crippen LogP) is 7.84. The van der Waals surface area contributed by atoms with Crippen molar-refractivity contribution in [3.8, 4) is 11.5 Å². The van der Waals surface area contributed by atoms with Gasteiger partial charge >= 0.3 is 5.97 Å². The zero-order chi connectivity index (χ0) is 31.4. The largest absolute Gasteiger partial charge is 0.504 e. The number of carbonyl (C=O) groups excluding carboxylic acids is 2. The van der Waals surface area contributed by atoms with Gasteiger partial charge < -0.3 is 24.8 Å². The molecule has 1 amide bonds. The Morgan fingerprint density at radius 3 is 2.27 bits per heavy atom. The van der Waals surface area contributed by atoms with Gasteiger partial charge in [-0.2, -0.15) is 0 Å². The number of ether oxygens (including phenoxy) is 2. The maximum atomic E-state index is 12.8. The number of benzene rings is 3. The van der Waals surface area contributed by atoms with E-state index in [0.29, 0.717) is 37.3 Å². The molecule has 238 valence electrons. The molecule has 0 spiro atoms. The number of amides is 1. The minimum atomic E-state index is -0.347. The molecule has 44 heavy (non-hydrogen) atoms. The van der Waals surface area contributed by atoms with Gasteiger partial charge in [0.25, 0.3) is 0 Å². The van der Waals surface area contributed by atoms with Crippen LogP contribution in [-0.4, -0.2) is 48.1 Å². The van der Waals surface area contributed by atoms with Gasteiger partial charge in [0.2, 0.25) is 5.91 Å². The number of rotatable bonds is 21. The lowest BCUT2D eigenvalue weighted by molar-refractivity contribution is -0.121. The Bertz CT molecular complexity index is 1240. The van der Waals surface area contributed by atoms with Crippen molar-refractivity contribution in [2.45, 2.75) is 84.3 Å². The highest BCUT2D eigenvalue weighted by Gasteiger charge is 2.19.